The normalized spacial score (nSPS) is 11.3. The number of halogens is 1. The number of allylic oxidation sites excluding steroid dienone is 1. The van der Waals surface area contributed by atoms with Crippen molar-refractivity contribution in [1.29, 1.82) is 0 Å². The number of nitrogens with one attached hydrogen (secondary N) is 1. The second kappa shape index (κ2) is 5.99. The summed E-state index contributed by atoms with van der Waals surface area (Å²) in [6.45, 7) is 4.75. The molecule has 1 aromatic rings. The highest BCUT2D eigenvalue weighted by molar-refractivity contribution is 6.32. The Labute approximate surface area is 110 Å². The standard InChI is InChI=1S/C11H16ClN3O3/c1-3-4-15-10(18)9(12)8(5-13-15)14-11(2,6-16)7-17/h3,5,14,16-17H,1,4,6-7H2,2H3. The van der Waals surface area contributed by atoms with Crippen molar-refractivity contribution in [2.75, 3.05) is 18.5 Å². The Balaban J connectivity index is 3.09. The highest BCUT2D eigenvalue weighted by Crippen LogP contribution is 2.20. The molecule has 0 aliphatic heterocycles. The third kappa shape index (κ3) is 3.10. The van der Waals surface area contributed by atoms with Crippen LogP contribution in [0.15, 0.2) is 23.6 Å². The fourth-order valence-corrected chi connectivity index (χ4v) is 1.45. The summed E-state index contributed by atoms with van der Waals surface area (Å²) in [6, 6.07) is 0. The lowest BCUT2D eigenvalue weighted by atomic mass is 10.1. The van der Waals surface area contributed by atoms with Gasteiger partial charge in [0.05, 0.1) is 37.2 Å². The number of aliphatic hydroxyl groups is 2. The van der Waals surface area contributed by atoms with Crippen LogP contribution in [0.4, 0.5) is 5.69 Å². The number of hydrogen-bond acceptors (Lipinski definition) is 5. The molecule has 0 fully saturated rings. The monoisotopic (exact) mass is 273 g/mol. The molecule has 6 nitrogen and oxygen atoms in total. The van der Waals surface area contributed by atoms with Gasteiger partial charge in [0.25, 0.3) is 5.56 Å². The van der Waals surface area contributed by atoms with Crippen molar-refractivity contribution < 1.29 is 10.2 Å². The molecule has 0 spiro atoms. The molecule has 0 aliphatic carbocycles. The topological polar surface area (TPSA) is 87.4 Å². The second-order valence-corrected chi connectivity index (χ2v) is 4.53. The van der Waals surface area contributed by atoms with E-state index in [4.69, 9.17) is 21.8 Å². The first-order valence-electron chi connectivity index (χ1n) is 5.34. The van der Waals surface area contributed by atoms with E-state index >= 15 is 0 Å². The van der Waals surface area contributed by atoms with Gasteiger partial charge >= 0.3 is 0 Å². The predicted molar refractivity (Wildman–Crippen MR) is 69.9 cm³/mol. The molecule has 0 aliphatic rings. The van der Waals surface area contributed by atoms with Crippen molar-refractivity contribution in [1.82, 2.24) is 9.78 Å². The number of aliphatic hydroxyl groups excluding tert-OH is 2. The zero-order valence-electron chi connectivity index (χ0n) is 10.1. The average molecular weight is 274 g/mol. The molecule has 0 atom stereocenters. The van der Waals surface area contributed by atoms with Crippen LogP contribution in [0, 0.1) is 0 Å². The van der Waals surface area contributed by atoms with E-state index in [0.29, 0.717) is 0 Å². The minimum Gasteiger partial charge on any atom is -0.394 e. The molecule has 0 amide bonds. The summed E-state index contributed by atoms with van der Waals surface area (Å²) in [6.07, 6.45) is 2.90. The highest BCUT2D eigenvalue weighted by Gasteiger charge is 2.24. The number of hydrogen-bond donors (Lipinski definition) is 3. The summed E-state index contributed by atoms with van der Waals surface area (Å²) in [5.41, 5.74) is -1.16. The van der Waals surface area contributed by atoms with Crippen molar-refractivity contribution in [3.8, 4) is 0 Å². The van der Waals surface area contributed by atoms with Gasteiger partial charge in [-0.15, -0.1) is 6.58 Å². The maximum absolute atomic E-state index is 11.8. The smallest absolute Gasteiger partial charge is 0.287 e. The van der Waals surface area contributed by atoms with Crippen molar-refractivity contribution in [2.45, 2.75) is 19.0 Å². The van der Waals surface area contributed by atoms with E-state index in [1.807, 2.05) is 0 Å². The van der Waals surface area contributed by atoms with Crippen molar-refractivity contribution >= 4 is 17.3 Å². The van der Waals surface area contributed by atoms with Crippen LogP contribution in [0.3, 0.4) is 0 Å². The first kappa shape index (κ1) is 14.7. The molecule has 1 heterocycles. The molecule has 0 aromatic carbocycles. The Morgan fingerprint density at radius 1 is 1.61 bits per heavy atom. The van der Waals surface area contributed by atoms with Gasteiger partial charge in [-0.1, -0.05) is 17.7 Å². The van der Waals surface area contributed by atoms with Crippen LogP contribution in [0.2, 0.25) is 5.02 Å². The molecule has 100 valence electrons. The Kier molecular flexibility index (Phi) is 4.89. The predicted octanol–water partition coefficient (Wildman–Crippen LogP) is 0.238. The van der Waals surface area contributed by atoms with Crippen LogP contribution in [0.1, 0.15) is 6.92 Å². The van der Waals surface area contributed by atoms with Gasteiger partial charge in [-0.25, -0.2) is 4.68 Å². The lowest BCUT2D eigenvalue weighted by Gasteiger charge is -2.27. The fourth-order valence-electron chi connectivity index (χ4n) is 1.26. The average Bonchev–Trinajstić information content (AvgIpc) is 2.38. The zero-order valence-corrected chi connectivity index (χ0v) is 10.8. The molecule has 3 N–H and O–H groups in total. The molecule has 0 bridgehead atoms. The highest BCUT2D eigenvalue weighted by atomic mass is 35.5. The minimum atomic E-state index is -0.970. The van der Waals surface area contributed by atoms with E-state index in [1.165, 1.54) is 12.3 Å². The molecule has 7 heteroatoms. The van der Waals surface area contributed by atoms with Crippen molar-refractivity contribution in [2.24, 2.45) is 0 Å². The Hall–Kier alpha value is -1.37. The Bertz CT molecular complexity index is 483. The quantitative estimate of drug-likeness (QED) is 0.646. The minimum absolute atomic E-state index is 0.0417. The van der Waals surface area contributed by atoms with Crippen molar-refractivity contribution in [3.63, 3.8) is 0 Å². The van der Waals surface area contributed by atoms with E-state index in [9.17, 15) is 4.79 Å². The Morgan fingerprint density at radius 3 is 2.72 bits per heavy atom. The number of aromatic nitrogens is 2. The molecule has 1 aromatic heterocycles. The third-order valence-corrected chi connectivity index (χ3v) is 2.79. The van der Waals surface area contributed by atoms with Crippen LogP contribution >= 0.6 is 11.6 Å². The summed E-state index contributed by atoms with van der Waals surface area (Å²) in [4.78, 5) is 11.8. The van der Waals surface area contributed by atoms with Gasteiger partial charge < -0.3 is 15.5 Å². The molecule has 0 radical (unpaired) electrons. The molecule has 18 heavy (non-hydrogen) atoms. The zero-order chi connectivity index (χ0) is 13.8. The van der Waals surface area contributed by atoms with Gasteiger partial charge in [-0.3, -0.25) is 4.79 Å². The van der Waals surface area contributed by atoms with Crippen LogP contribution in [-0.4, -0.2) is 38.7 Å². The summed E-state index contributed by atoms with van der Waals surface area (Å²) < 4.78 is 1.16. The van der Waals surface area contributed by atoms with E-state index in [1.54, 1.807) is 6.92 Å². The van der Waals surface area contributed by atoms with Gasteiger partial charge in [0.15, 0.2) is 0 Å². The SMILES string of the molecule is C=CCn1ncc(NC(C)(CO)CO)c(Cl)c1=O. The van der Waals surface area contributed by atoms with Gasteiger partial charge in [0, 0.05) is 0 Å². The summed E-state index contributed by atoms with van der Waals surface area (Å²) in [7, 11) is 0. The van der Waals surface area contributed by atoms with Crippen LogP contribution in [-0.2, 0) is 6.54 Å². The van der Waals surface area contributed by atoms with E-state index < -0.39 is 11.1 Å². The number of nitrogens with zero attached hydrogens (tertiary/aromatic N) is 2. The molecule has 0 saturated carbocycles. The maximum Gasteiger partial charge on any atom is 0.287 e. The second-order valence-electron chi connectivity index (χ2n) is 4.15. The van der Waals surface area contributed by atoms with E-state index in [-0.39, 0.29) is 30.5 Å². The number of anilines is 1. The lowest BCUT2D eigenvalue weighted by Crippen LogP contribution is -2.43. The van der Waals surface area contributed by atoms with Gasteiger partial charge in [0.1, 0.15) is 5.02 Å². The molecular formula is C11H16ClN3O3. The summed E-state index contributed by atoms with van der Waals surface area (Å²) >= 11 is 5.92. The fraction of sp³-hybridized carbons (Fsp3) is 0.455. The third-order valence-electron chi connectivity index (χ3n) is 2.42. The van der Waals surface area contributed by atoms with Gasteiger partial charge in [0.2, 0.25) is 0 Å². The van der Waals surface area contributed by atoms with Gasteiger partial charge in [-0.2, -0.15) is 5.10 Å². The lowest BCUT2D eigenvalue weighted by molar-refractivity contribution is 0.147. The van der Waals surface area contributed by atoms with E-state index in [2.05, 4.69) is 17.0 Å². The van der Waals surface area contributed by atoms with E-state index in [0.717, 1.165) is 4.68 Å². The Morgan fingerprint density at radius 2 is 2.22 bits per heavy atom. The van der Waals surface area contributed by atoms with Crippen LogP contribution < -0.4 is 10.9 Å². The number of rotatable bonds is 6. The summed E-state index contributed by atoms with van der Waals surface area (Å²) in [5.74, 6) is 0. The van der Waals surface area contributed by atoms with Crippen molar-refractivity contribution in [3.05, 3.63) is 34.2 Å². The van der Waals surface area contributed by atoms with Crippen LogP contribution in [0.5, 0.6) is 0 Å². The molecule has 0 unspecified atom stereocenters. The largest absolute Gasteiger partial charge is 0.394 e. The molecule has 1 rings (SSSR count). The first-order valence-corrected chi connectivity index (χ1v) is 5.71. The molecular weight excluding hydrogens is 258 g/mol. The van der Waals surface area contributed by atoms with Gasteiger partial charge in [-0.05, 0) is 6.92 Å². The first-order chi connectivity index (χ1) is 8.47. The molecule has 0 saturated heterocycles. The summed E-state index contributed by atoms with van der Waals surface area (Å²) in [5, 5.41) is 25.0. The van der Waals surface area contributed by atoms with Crippen LogP contribution in [0.25, 0.3) is 0 Å². The maximum atomic E-state index is 11.8.